The molecule has 1 aromatic carbocycles. The summed E-state index contributed by atoms with van der Waals surface area (Å²) < 4.78 is 0.918. The molecule has 5 heteroatoms. The molecule has 0 aliphatic heterocycles. The molecule has 106 valence electrons. The van der Waals surface area contributed by atoms with Crippen molar-refractivity contribution in [1.82, 2.24) is 0 Å². The molecule has 0 aliphatic carbocycles. The third kappa shape index (κ3) is 3.17. The van der Waals surface area contributed by atoms with E-state index in [1.54, 1.807) is 6.07 Å². The molecule has 2 nitrogen and oxygen atoms in total. The lowest BCUT2D eigenvalue weighted by atomic mass is 9.98. The molecule has 1 heterocycles. The van der Waals surface area contributed by atoms with Crippen molar-refractivity contribution in [2.24, 2.45) is 0 Å². The zero-order valence-electron chi connectivity index (χ0n) is 11.5. The minimum absolute atomic E-state index is 0.227. The number of halogens is 2. The minimum Gasteiger partial charge on any atom is -0.321 e. The Morgan fingerprint density at radius 2 is 2.00 bits per heavy atom. The van der Waals surface area contributed by atoms with Crippen LogP contribution in [0.4, 0.5) is 5.69 Å². The van der Waals surface area contributed by atoms with Gasteiger partial charge in [-0.25, -0.2) is 0 Å². The summed E-state index contributed by atoms with van der Waals surface area (Å²) in [5.74, 6) is 0.0982. The van der Waals surface area contributed by atoms with Crippen molar-refractivity contribution >= 4 is 46.1 Å². The van der Waals surface area contributed by atoms with E-state index >= 15 is 0 Å². The predicted octanol–water partition coefficient (Wildman–Crippen LogP) is 5.74. The number of anilines is 1. The van der Waals surface area contributed by atoms with Crippen LogP contribution in [0.2, 0.25) is 8.67 Å². The topological polar surface area (TPSA) is 29.1 Å². The van der Waals surface area contributed by atoms with E-state index in [0.29, 0.717) is 20.2 Å². The van der Waals surface area contributed by atoms with E-state index in [0.717, 1.165) is 16.8 Å². The number of nitrogens with one attached hydrogen (secondary N) is 1. The molecule has 0 fully saturated rings. The van der Waals surface area contributed by atoms with Gasteiger partial charge in [-0.1, -0.05) is 55.2 Å². The monoisotopic (exact) mass is 327 g/mol. The highest BCUT2D eigenvalue weighted by Gasteiger charge is 2.17. The van der Waals surface area contributed by atoms with Gasteiger partial charge in [0.05, 0.1) is 9.90 Å². The van der Waals surface area contributed by atoms with Gasteiger partial charge in [0.25, 0.3) is 5.91 Å². The molecule has 0 unspecified atom stereocenters. The maximum Gasteiger partial charge on any atom is 0.258 e. The van der Waals surface area contributed by atoms with Crippen molar-refractivity contribution in [2.45, 2.75) is 26.7 Å². The summed E-state index contributed by atoms with van der Waals surface area (Å²) in [4.78, 5) is 12.3. The number of para-hydroxylation sites is 1. The van der Waals surface area contributed by atoms with E-state index in [4.69, 9.17) is 23.2 Å². The Bertz CT molecular complexity index is 649. The Balaban J connectivity index is 2.35. The smallest absolute Gasteiger partial charge is 0.258 e. The molecule has 2 aromatic rings. The van der Waals surface area contributed by atoms with Crippen LogP contribution in [-0.2, 0) is 0 Å². The zero-order valence-corrected chi connectivity index (χ0v) is 13.8. The number of rotatable bonds is 3. The molecule has 0 bridgehead atoms. The molecule has 1 aromatic heterocycles. The van der Waals surface area contributed by atoms with E-state index in [2.05, 4.69) is 19.2 Å². The summed E-state index contributed by atoms with van der Waals surface area (Å²) in [6.45, 7) is 6.17. The third-order valence-corrected chi connectivity index (χ3v) is 4.55. The van der Waals surface area contributed by atoms with Crippen LogP contribution < -0.4 is 5.32 Å². The van der Waals surface area contributed by atoms with Crippen LogP contribution >= 0.6 is 34.5 Å². The summed E-state index contributed by atoms with van der Waals surface area (Å²) in [7, 11) is 0. The van der Waals surface area contributed by atoms with Crippen LogP contribution in [0.3, 0.4) is 0 Å². The van der Waals surface area contributed by atoms with Gasteiger partial charge in [0, 0.05) is 5.69 Å². The summed E-state index contributed by atoms with van der Waals surface area (Å²) in [5, 5.41) is 2.96. The average Bonchev–Trinajstić information content (AvgIpc) is 2.70. The van der Waals surface area contributed by atoms with E-state index in [9.17, 15) is 4.79 Å². The average molecular weight is 328 g/mol. The Labute approximate surface area is 132 Å². The van der Waals surface area contributed by atoms with Gasteiger partial charge in [-0.15, -0.1) is 11.3 Å². The van der Waals surface area contributed by atoms with Crippen LogP contribution in [0.1, 0.15) is 41.3 Å². The molecule has 0 aliphatic rings. The fourth-order valence-electron chi connectivity index (χ4n) is 2.02. The normalized spacial score (nSPS) is 10.9. The fourth-order valence-corrected chi connectivity index (χ4v) is 3.48. The van der Waals surface area contributed by atoms with E-state index in [-0.39, 0.29) is 5.91 Å². The van der Waals surface area contributed by atoms with Gasteiger partial charge in [-0.05, 0) is 30.0 Å². The van der Waals surface area contributed by atoms with Gasteiger partial charge in [-0.3, -0.25) is 4.79 Å². The minimum atomic E-state index is -0.227. The first-order chi connectivity index (χ1) is 9.40. The summed E-state index contributed by atoms with van der Waals surface area (Å²) in [6, 6.07) is 7.59. The number of aryl methyl sites for hydroxylation is 1. The van der Waals surface area contributed by atoms with Crippen LogP contribution in [-0.4, -0.2) is 5.91 Å². The Morgan fingerprint density at radius 1 is 1.30 bits per heavy atom. The highest BCUT2D eigenvalue weighted by Crippen LogP contribution is 2.33. The first kappa shape index (κ1) is 15.4. The molecule has 2 rings (SSSR count). The fraction of sp³-hybridized carbons (Fsp3) is 0.267. The molecule has 1 N–H and O–H groups in total. The number of amides is 1. The lowest BCUT2D eigenvalue weighted by Gasteiger charge is -2.16. The summed E-state index contributed by atoms with van der Waals surface area (Å²) in [5.41, 5.74) is 3.41. The first-order valence-corrected chi connectivity index (χ1v) is 7.83. The lowest BCUT2D eigenvalue weighted by Crippen LogP contribution is -2.14. The number of carbonyl (C=O) groups is 1. The third-order valence-electron chi connectivity index (χ3n) is 3.07. The van der Waals surface area contributed by atoms with Gasteiger partial charge in [-0.2, -0.15) is 0 Å². The quantitative estimate of drug-likeness (QED) is 0.765. The first-order valence-electron chi connectivity index (χ1n) is 6.26. The van der Waals surface area contributed by atoms with E-state index in [1.807, 2.05) is 25.1 Å². The number of thiophene rings is 1. The van der Waals surface area contributed by atoms with Gasteiger partial charge < -0.3 is 5.32 Å². The van der Waals surface area contributed by atoms with Gasteiger partial charge in [0.1, 0.15) is 4.34 Å². The number of hydrogen-bond acceptors (Lipinski definition) is 2. The maximum atomic E-state index is 12.3. The van der Waals surface area contributed by atoms with Crippen LogP contribution in [0, 0.1) is 6.92 Å². The van der Waals surface area contributed by atoms with Crippen molar-refractivity contribution < 1.29 is 4.79 Å². The zero-order chi connectivity index (χ0) is 14.9. The highest BCUT2D eigenvalue weighted by atomic mass is 35.5. The molecular formula is C15H15Cl2NOS. The number of hydrogen-bond donors (Lipinski definition) is 1. The molecular weight excluding hydrogens is 313 g/mol. The second-order valence-electron chi connectivity index (χ2n) is 4.89. The second-order valence-corrected chi connectivity index (χ2v) is 7.17. The second kappa shape index (κ2) is 6.17. The van der Waals surface area contributed by atoms with Crippen molar-refractivity contribution in [3.8, 4) is 0 Å². The molecule has 0 spiro atoms. The summed E-state index contributed by atoms with van der Waals surface area (Å²) in [6.07, 6.45) is 0. The molecule has 1 amide bonds. The molecule has 0 saturated heterocycles. The maximum absolute atomic E-state index is 12.3. The number of benzene rings is 1. The van der Waals surface area contributed by atoms with Gasteiger partial charge in [0.15, 0.2) is 0 Å². The van der Waals surface area contributed by atoms with Crippen LogP contribution in [0.5, 0.6) is 0 Å². The number of carbonyl (C=O) groups excluding carboxylic acids is 1. The Kier molecular flexibility index (Phi) is 4.74. The molecule has 20 heavy (non-hydrogen) atoms. The van der Waals surface area contributed by atoms with Crippen molar-refractivity contribution in [2.75, 3.05) is 5.32 Å². The van der Waals surface area contributed by atoms with Crippen molar-refractivity contribution in [3.05, 3.63) is 49.6 Å². The van der Waals surface area contributed by atoms with Crippen molar-refractivity contribution in [1.29, 1.82) is 0 Å². The van der Waals surface area contributed by atoms with Crippen LogP contribution in [0.25, 0.3) is 0 Å². The molecule has 0 saturated carbocycles. The highest BCUT2D eigenvalue weighted by molar-refractivity contribution is 7.20. The predicted molar refractivity (Wildman–Crippen MR) is 87.6 cm³/mol. The lowest BCUT2D eigenvalue weighted by molar-refractivity contribution is 0.102. The SMILES string of the molecule is Cc1cccc(C(C)C)c1NC(=O)c1cc(Cl)sc1Cl. The Morgan fingerprint density at radius 3 is 2.55 bits per heavy atom. The molecule has 0 atom stereocenters. The Hall–Kier alpha value is -1.03. The van der Waals surface area contributed by atoms with E-state index in [1.165, 1.54) is 11.3 Å². The van der Waals surface area contributed by atoms with E-state index < -0.39 is 0 Å². The molecule has 0 radical (unpaired) electrons. The van der Waals surface area contributed by atoms with Crippen molar-refractivity contribution in [3.63, 3.8) is 0 Å². The largest absolute Gasteiger partial charge is 0.321 e. The standard InChI is InChI=1S/C15H15Cl2NOS/c1-8(2)10-6-4-5-9(3)13(10)18-15(19)11-7-12(16)20-14(11)17/h4-8H,1-3H3,(H,18,19). The van der Waals surface area contributed by atoms with Gasteiger partial charge in [0.2, 0.25) is 0 Å². The summed E-state index contributed by atoms with van der Waals surface area (Å²) >= 11 is 13.1. The van der Waals surface area contributed by atoms with Gasteiger partial charge >= 0.3 is 0 Å². The van der Waals surface area contributed by atoms with Crippen LogP contribution in [0.15, 0.2) is 24.3 Å².